The highest BCUT2D eigenvalue weighted by atomic mass is 32.1. The molecule has 0 radical (unpaired) electrons. The lowest BCUT2D eigenvalue weighted by Gasteiger charge is -2.29. The van der Waals surface area contributed by atoms with Crippen LogP contribution in [0.3, 0.4) is 0 Å². The molecule has 0 spiro atoms. The van der Waals surface area contributed by atoms with Gasteiger partial charge in [-0.2, -0.15) is 4.68 Å². The summed E-state index contributed by atoms with van der Waals surface area (Å²) < 4.78 is 6.50. The maximum atomic E-state index is 12.9. The van der Waals surface area contributed by atoms with E-state index in [4.69, 9.17) is 4.74 Å². The van der Waals surface area contributed by atoms with Gasteiger partial charge in [-0.05, 0) is 31.5 Å². The summed E-state index contributed by atoms with van der Waals surface area (Å²) in [7, 11) is 0. The molecule has 8 nitrogen and oxygen atoms in total. The minimum absolute atomic E-state index is 0.299. The SMILES string of the molecule is CC1(C)Cc2c(sc3[nH]c(=O)n(NC(=O)c4ccncc4)c(=O)c23)CO1. The van der Waals surface area contributed by atoms with Gasteiger partial charge in [-0.15, -0.1) is 11.3 Å². The van der Waals surface area contributed by atoms with Gasteiger partial charge < -0.3 is 4.74 Å². The Balaban J connectivity index is 1.83. The van der Waals surface area contributed by atoms with Gasteiger partial charge in [0.15, 0.2) is 0 Å². The first-order valence-electron chi connectivity index (χ1n) is 8.01. The second-order valence-electron chi connectivity index (χ2n) is 6.68. The molecule has 26 heavy (non-hydrogen) atoms. The lowest BCUT2D eigenvalue weighted by atomic mass is 9.94. The molecular formula is C17H16N4O4S. The van der Waals surface area contributed by atoms with Crippen LogP contribution in [0.15, 0.2) is 34.1 Å². The number of rotatable bonds is 2. The average Bonchev–Trinajstić information content (AvgIpc) is 2.95. The van der Waals surface area contributed by atoms with Crippen molar-refractivity contribution in [3.05, 3.63) is 61.4 Å². The summed E-state index contributed by atoms with van der Waals surface area (Å²) in [5.74, 6) is -0.563. The van der Waals surface area contributed by atoms with Crippen LogP contribution in [0.1, 0.15) is 34.6 Å². The van der Waals surface area contributed by atoms with E-state index in [1.54, 1.807) is 0 Å². The number of fused-ring (bicyclic) bond motifs is 3. The molecule has 0 bridgehead atoms. The van der Waals surface area contributed by atoms with Gasteiger partial charge >= 0.3 is 5.69 Å². The zero-order chi connectivity index (χ0) is 18.5. The van der Waals surface area contributed by atoms with Crippen LogP contribution in [0.2, 0.25) is 0 Å². The lowest BCUT2D eigenvalue weighted by Crippen LogP contribution is -2.43. The van der Waals surface area contributed by atoms with Gasteiger partial charge in [0.05, 0.1) is 17.6 Å². The molecule has 3 aromatic heterocycles. The second-order valence-corrected chi connectivity index (χ2v) is 7.79. The quantitative estimate of drug-likeness (QED) is 0.707. The van der Waals surface area contributed by atoms with Crippen LogP contribution < -0.4 is 16.7 Å². The third-order valence-electron chi connectivity index (χ3n) is 4.28. The van der Waals surface area contributed by atoms with Gasteiger partial charge in [0, 0.05) is 29.3 Å². The van der Waals surface area contributed by atoms with Crippen molar-refractivity contribution in [2.45, 2.75) is 32.5 Å². The first-order valence-corrected chi connectivity index (χ1v) is 8.82. The maximum absolute atomic E-state index is 12.9. The van der Waals surface area contributed by atoms with Crippen molar-refractivity contribution < 1.29 is 9.53 Å². The third-order valence-corrected chi connectivity index (χ3v) is 5.40. The molecule has 1 amide bonds. The summed E-state index contributed by atoms with van der Waals surface area (Å²) in [6.07, 6.45) is 3.48. The van der Waals surface area contributed by atoms with Crippen LogP contribution in [0.4, 0.5) is 0 Å². The highest BCUT2D eigenvalue weighted by Crippen LogP contribution is 2.36. The zero-order valence-electron chi connectivity index (χ0n) is 14.2. The summed E-state index contributed by atoms with van der Waals surface area (Å²) in [6.45, 7) is 4.30. The molecule has 134 valence electrons. The number of pyridine rings is 1. The van der Waals surface area contributed by atoms with Gasteiger partial charge in [-0.3, -0.25) is 25.0 Å². The van der Waals surface area contributed by atoms with E-state index in [1.165, 1.54) is 35.9 Å². The number of nitrogens with one attached hydrogen (secondary N) is 2. The van der Waals surface area contributed by atoms with E-state index in [-0.39, 0.29) is 0 Å². The van der Waals surface area contributed by atoms with E-state index < -0.39 is 22.8 Å². The predicted molar refractivity (Wildman–Crippen MR) is 97.2 cm³/mol. The molecule has 0 saturated heterocycles. The number of carbonyl (C=O) groups excluding carboxylic acids is 1. The van der Waals surface area contributed by atoms with E-state index >= 15 is 0 Å². The van der Waals surface area contributed by atoms with Crippen molar-refractivity contribution in [3.63, 3.8) is 0 Å². The summed E-state index contributed by atoms with van der Waals surface area (Å²) in [6, 6.07) is 3.00. The summed E-state index contributed by atoms with van der Waals surface area (Å²) in [4.78, 5) is 45.5. The van der Waals surface area contributed by atoms with Crippen LogP contribution in [0, 0.1) is 0 Å². The first kappa shape index (κ1) is 16.7. The molecule has 0 aromatic carbocycles. The smallest absolute Gasteiger partial charge is 0.348 e. The third kappa shape index (κ3) is 2.74. The van der Waals surface area contributed by atoms with Crippen LogP contribution in [0.25, 0.3) is 10.2 Å². The molecule has 0 atom stereocenters. The topological polar surface area (TPSA) is 106 Å². The fraction of sp³-hybridized carbons (Fsp3) is 0.294. The Morgan fingerprint density at radius 3 is 2.81 bits per heavy atom. The number of thiophene rings is 1. The monoisotopic (exact) mass is 372 g/mol. The number of carbonyl (C=O) groups is 1. The molecule has 1 aliphatic rings. The van der Waals surface area contributed by atoms with Crippen molar-refractivity contribution in [2.24, 2.45) is 0 Å². The van der Waals surface area contributed by atoms with E-state index in [9.17, 15) is 14.4 Å². The van der Waals surface area contributed by atoms with Crippen LogP contribution in [-0.2, 0) is 17.8 Å². The Morgan fingerprint density at radius 1 is 1.35 bits per heavy atom. The maximum Gasteiger partial charge on any atom is 0.348 e. The lowest BCUT2D eigenvalue weighted by molar-refractivity contribution is -0.0379. The molecule has 2 N–H and O–H groups in total. The fourth-order valence-corrected chi connectivity index (χ4v) is 4.11. The number of aromatic amines is 1. The van der Waals surface area contributed by atoms with Crippen molar-refractivity contribution in [1.29, 1.82) is 0 Å². The highest BCUT2D eigenvalue weighted by Gasteiger charge is 2.31. The number of hydrogen-bond acceptors (Lipinski definition) is 6. The summed E-state index contributed by atoms with van der Waals surface area (Å²) in [5, 5.41) is 0.427. The minimum Gasteiger partial charge on any atom is -0.370 e. The number of H-pyrrole nitrogens is 1. The molecule has 0 fully saturated rings. The molecule has 1 aliphatic heterocycles. The molecule has 0 saturated carbocycles. The van der Waals surface area contributed by atoms with Gasteiger partial charge in [0.25, 0.3) is 11.5 Å². The molecular weight excluding hydrogens is 356 g/mol. The number of hydrogen-bond donors (Lipinski definition) is 2. The first-order chi connectivity index (χ1) is 12.4. The second kappa shape index (κ2) is 5.89. The van der Waals surface area contributed by atoms with E-state index in [0.29, 0.717) is 28.8 Å². The summed E-state index contributed by atoms with van der Waals surface area (Å²) in [5.41, 5.74) is 1.91. The zero-order valence-corrected chi connectivity index (χ0v) is 15.0. The number of amides is 1. The fourth-order valence-electron chi connectivity index (χ4n) is 3.00. The van der Waals surface area contributed by atoms with Gasteiger partial charge in [-0.1, -0.05) is 0 Å². The van der Waals surface area contributed by atoms with Crippen LogP contribution in [0.5, 0.6) is 0 Å². The Labute approximate surface area is 151 Å². The molecule has 4 heterocycles. The van der Waals surface area contributed by atoms with Crippen molar-refractivity contribution in [2.75, 3.05) is 5.43 Å². The van der Waals surface area contributed by atoms with Crippen LogP contribution >= 0.6 is 11.3 Å². The van der Waals surface area contributed by atoms with E-state index in [0.717, 1.165) is 15.1 Å². The molecule has 0 aliphatic carbocycles. The van der Waals surface area contributed by atoms with E-state index in [1.807, 2.05) is 13.8 Å². The Kier molecular flexibility index (Phi) is 3.78. The standard InChI is InChI=1S/C17H16N4O4S/c1-17(2)7-10-11(8-25-17)26-14-12(10)15(23)21(16(24)19-14)20-13(22)9-3-5-18-6-4-9/h3-6H,7-8H2,1-2H3,(H,19,24)(H,20,22). The van der Waals surface area contributed by atoms with Crippen molar-refractivity contribution >= 4 is 27.5 Å². The van der Waals surface area contributed by atoms with Gasteiger partial charge in [0.2, 0.25) is 0 Å². The number of nitrogens with zero attached hydrogens (tertiary/aromatic N) is 2. The highest BCUT2D eigenvalue weighted by molar-refractivity contribution is 7.18. The molecule has 9 heteroatoms. The molecule has 3 aromatic rings. The van der Waals surface area contributed by atoms with Gasteiger partial charge in [-0.25, -0.2) is 4.79 Å². The minimum atomic E-state index is -0.691. The summed E-state index contributed by atoms with van der Waals surface area (Å²) >= 11 is 1.34. The molecule has 0 unspecified atom stereocenters. The Hall–Kier alpha value is -2.78. The largest absolute Gasteiger partial charge is 0.370 e. The van der Waals surface area contributed by atoms with Crippen molar-refractivity contribution in [1.82, 2.24) is 14.6 Å². The predicted octanol–water partition coefficient (Wildman–Crippen LogP) is 1.38. The normalized spacial score (nSPS) is 15.6. The number of ether oxygens (including phenoxy) is 1. The Bertz CT molecular complexity index is 1130. The Morgan fingerprint density at radius 2 is 2.08 bits per heavy atom. The molecule has 4 rings (SSSR count). The van der Waals surface area contributed by atoms with E-state index in [2.05, 4.69) is 15.4 Å². The van der Waals surface area contributed by atoms with Gasteiger partial charge in [0.1, 0.15) is 4.83 Å². The van der Waals surface area contributed by atoms with Crippen LogP contribution in [-0.4, -0.2) is 26.2 Å². The number of aromatic nitrogens is 3. The van der Waals surface area contributed by atoms with Crippen molar-refractivity contribution in [3.8, 4) is 0 Å². The average molecular weight is 372 g/mol.